The fourth-order valence-corrected chi connectivity index (χ4v) is 2.63. The van der Waals surface area contributed by atoms with Gasteiger partial charge in [-0.15, -0.1) is 0 Å². The lowest BCUT2D eigenvalue weighted by Crippen LogP contribution is -2.55. The summed E-state index contributed by atoms with van der Waals surface area (Å²) >= 11 is 0. The summed E-state index contributed by atoms with van der Waals surface area (Å²) in [5, 5.41) is 22.8. The van der Waals surface area contributed by atoms with E-state index < -0.39 is 48.3 Å². The summed E-state index contributed by atoms with van der Waals surface area (Å²) in [5.41, 5.74) is 7.04. The molecule has 2 heterocycles. The molecule has 0 saturated carbocycles. The van der Waals surface area contributed by atoms with Gasteiger partial charge in [-0.3, -0.25) is 14.4 Å². The van der Waals surface area contributed by atoms with Gasteiger partial charge in [-0.1, -0.05) is 0 Å². The van der Waals surface area contributed by atoms with Gasteiger partial charge in [-0.2, -0.15) is 0 Å². The molecule has 8 N–H and O–H groups in total. The number of carbonyl (C=O) groups excluding carboxylic acids is 2. The lowest BCUT2D eigenvalue weighted by atomic mass is 10.1. The van der Waals surface area contributed by atoms with E-state index in [1.807, 2.05) is 0 Å². The summed E-state index contributed by atoms with van der Waals surface area (Å²) < 4.78 is 0. The van der Waals surface area contributed by atoms with E-state index in [0.29, 0.717) is 11.4 Å². The summed E-state index contributed by atoms with van der Waals surface area (Å²) in [7, 11) is 0. The molecule has 0 saturated heterocycles. The number of carbonyl (C=O) groups is 4. The summed E-state index contributed by atoms with van der Waals surface area (Å²) in [6, 6.07) is -3.56. The van der Waals surface area contributed by atoms with E-state index in [1.54, 1.807) is 0 Å². The van der Waals surface area contributed by atoms with Crippen LogP contribution in [0.15, 0.2) is 25.0 Å². The Bertz CT molecular complexity index is 852. The standard InChI is InChI=1S/C17H23N7O6/c18-11(3-9-5-19-7-21-9)15(27)24-13(4-10-6-20-8-22-10)16(28)23-12(17(29)30)1-2-14(25)26/h5-8,11-13H,1-4,18H2,(H,19,21)(H,20,22)(H,23,28)(H,24,27)(H,25,26)(H,29,30). The Labute approximate surface area is 170 Å². The van der Waals surface area contributed by atoms with Gasteiger partial charge in [0.05, 0.1) is 18.7 Å². The second kappa shape index (κ2) is 10.7. The number of imidazole rings is 2. The van der Waals surface area contributed by atoms with E-state index in [2.05, 4.69) is 30.6 Å². The third-order valence-electron chi connectivity index (χ3n) is 4.20. The van der Waals surface area contributed by atoms with Crippen molar-refractivity contribution in [3.05, 3.63) is 36.4 Å². The highest BCUT2D eigenvalue weighted by atomic mass is 16.4. The number of aliphatic carboxylic acids is 2. The molecular formula is C17H23N7O6. The highest BCUT2D eigenvalue weighted by Crippen LogP contribution is 2.04. The van der Waals surface area contributed by atoms with Gasteiger partial charge in [0.25, 0.3) is 0 Å². The van der Waals surface area contributed by atoms with Gasteiger partial charge in [-0.05, 0) is 6.42 Å². The van der Waals surface area contributed by atoms with Crippen LogP contribution in [0.5, 0.6) is 0 Å². The van der Waals surface area contributed by atoms with Gasteiger partial charge in [-0.25, -0.2) is 14.8 Å². The molecule has 30 heavy (non-hydrogen) atoms. The molecule has 2 aromatic heterocycles. The first-order valence-corrected chi connectivity index (χ1v) is 9.01. The molecule has 13 nitrogen and oxygen atoms in total. The second-order valence-electron chi connectivity index (χ2n) is 6.56. The SMILES string of the molecule is NC(Cc1cnc[nH]1)C(=O)NC(Cc1cnc[nH]1)C(=O)NC(CCC(=O)O)C(=O)O. The number of nitrogens with two attached hydrogens (primary N) is 1. The average molecular weight is 421 g/mol. The predicted octanol–water partition coefficient (Wildman–Crippen LogP) is -1.84. The fourth-order valence-electron chi connectivity index (χ4n) is 2.63. The number of carboxylic acid groups (broad SMARTS) is 2. The van der Waals surface area contributed by atoms with Crippen molar-refractivity contribution in [2.24, 2.45) is 5.73 Å². The van der Waals surface area contributed by atoms with Crippen molar-refractivity contribution < 1.29 is 29.4 Å². The van der Waals surface area contributed by atoms with E-state index in [0.717, 1.165) is 0 Å². The molecule has 0 aliphatic carbocycles. The van der Waals surface area contributed by atoms with Crippen LogP contribution in [-0.2, 0) is 32.0 Å². The normalized spacial score (nSPS) is 13.8. The Balaban J connectivity index is 2.06. The van der Waals surface area contributed by atoms with Crippen molar-refractivity contribution in [3.8, 4) is 0 Å². The molecule has 2 rings (SSSR count). The first kappa shape index (κ1) is 22.5. The molecule has 0 aliphatic heterocycles. The van der Waals surface area contributed by atoms with E-state index in [-0.39, 0.29) is 19.3 Å². The number of nitrogens with one attached hydrogen (secondary N) is 4. The first-order valence-electron chi connectivity index (χ1n) is 9.01. The topological polar surface area (TPSA) is 216 Å². The zero-order valence-electron chi connectivity index (χ0n) is 15.9. The highest BCUT2D eigenvalue weighted by molar-refractivity contribution is 5.92. The van der Waals surface area contributed by atoms with Crippen molar-refractivity contribution >= 4 is 23.8 Å². The molecule has 0 aliphatic rings. The molecule has 0 fully saturated rings. The average Bonchev–Trinajstić information content (AvgIpc) is 3.37. The summed E-state index contributed by atoms with van der Waals surface area (Å²) in [5.74, 6) is -3.99. The monoisotopic (exact) mass is 421 g/mol. The van der Waals surface area contributed by atoms with Gasteiger partial charge >= 0.3 is 11.9 Å². The minimum absolute atomic E-state index is 0.000377. The number of carboxylic acids is 2. The van der Waals surface area contributed by atoms with Crippen molar-refractivity contribution in [2.75, 3.05) is 0 Å². The van der Waals surface area contributed by atoms with Crippen LogP contribution < -0.4 is 16.4 Å². The second-order valence-corrected chi connectivity index (χ2v) is 6.56. The van der Waals surface area contributed by atoms with Gasteiger partial charge in [0.15, 0.2) is 0 Å². The number of amides is 2. The molecule has 2 amide bonds. The summed E-state index contributed by atoms with van der Waals surface area (Å²) in [6.07, 6.45) is 5.21. The van der Waals surface area contributed by atoms with Crippen molar-refractivity contribution in [3.63, 3.8) is 0 Å². The smallest absolute Gasteiger partial charge is 0.326 e. The van der Waals surface area contributed by atoms with Gasteiger partial charge < -0.3 is 36.5 Å². The minimum atomic E-state index is -1.42. The maximum atomic E-state index is 12.7. The Morgan fingerprint density at radius 1 is 0.933 bits per heavy atom. The molecule has 0 radical (unpaired) electrons. The van der Waals surface area contributed by atoms with E-state index in [1.165, 1.54) is 25.0 Å². The molecule has 0 aromatic carbocycles. The maximum Gasteiger partial charge on any atom is 0.326 e. The van der Waals surface area contributed by atoms with Crippen LogP contribution in [0, 0.1) is 0 Å². The minimum Gasteiger partial charge on any atom is -0.481 e. The summed E-state index contributed by atoms with van der Waals surface area (Å²) in [4.78, 5) is 60.5. The van der Waals surface area contributed by atoms with Crippen LogP contribution in [0.1, 0.15) is 24.2 Å². The highest BCUT2D eigenvalue weighted by Gasteiger charge is 2.29. The van der Waals surface area contributed by atoms with Crippen LogP contribution in [0.4, 0.5) is 0 Å². The molecule has 0 bridgehead atoms. The molecular weight excluding hydrogens is 398 g/mol. The third-order valence-corrected chi connectivity index (χ3v) is 4.20. The predicted molar refractivity (Wildman–Crippen MR) is 101 cm³/mol. The number of hydrogen-bond donors (Lipinski definition) is 7. The fraction of sp³-hybridized carbons (Fsp3) is 0.412. The number of H-pyrrole nitrogens is 2. The molecule has 0 spiro atoms. The van der Waals surface area contributed by atoms with Gasteiger partial charge in [0.2, 0.25) is 11.8 Å². The third kappa shape index (κ3) is 7.01. The Kier molecular flexibility index (Phi) is 8.05. The van der Waals surface area contributed by atoms with Gasteiger partial charge in [0, 0.05) is 43.0 Å². The van der Waals surface area contributed by atoms with Crippen LogP contribution in [0.2, 0.25) is 0 Å². The Hall–Kier alpha value is -3.74. The zero-order chi connectivity index (χ0) is 22.1. The van der Waals surface area contributed by atoms with Crippen molar-refractivity contribution in [1.82, 2.24) is 30.6 Å². The zero-order valence-corrected chi connectivity index (χ0v) is 15.9. The number of nitrogens with zero attached hydrogens (tertiary/aromatic N) is 2. The van der Waals surface area contributed by atoms with E-state index in [9.17, 15) is 24.3 Å². The molecule has 162 valence electrons. The van der Waals surface area contributed by atoms with E-state index in [4.69, 9.17) is 10.8 Å². The molecule has 3 atom stereocenters. The lowest BCUT2D eigenvalue weighted by molar-refractivity contribution is -0.143. The van der Waals surface area contributed by atoms with Crippen molar-refractivity contribution in [1.29, 1.82) is 0 Å². The number of aromatic amines is 2. The maximum absolute atomic E-state index is 12.7. The molecule has 13 heteroatoms. The van der Waals surface area contributed by atoms with Crippen molar-refractivity contribution in [2.45, 2.75) is 43.8 Å². The quantitative estimate of drug-likeness (QED) is 0.205. The van der Waals surface area contributed by atoms with Gasteiger partial charge in [0.1, 0.15) is 12.1 Å². The first-order chi connectivity index (χ1) is 14.3. The largest absolute Gasteiger partial charge is 0.481 e. The number of rotatable bonds is 12. The Morgan fingerprint density at radius 3 is 2.00 bits per heavy atom. The Morgan fingerprint density at radius 2 is 1.50 bits per heavy atom. The number of hydrogen-bond acceptors (Lipinski definition) is 7. The molecule has 2 aromatic rings. The van der Waals surface area contributed by atoms with Crippen LogP contribution in [0.25, 0.3) is 0 Å². The van der Waals surface area contributed by atoms with Crippen LogP contribution in [0.3, 0.4) is 0 Å². The van der Waals surface area contributed by atoms with Crippen LogP contribution in [-0.4, -0.2) is 72.0 Å². The van der Waals surface area contributed by atoms with E-state index >= 15 is 0 Å². The summed E-state index contributed by atoms with van der Waals surface area (Å²) in [6.45, 7) is 0. The van der Waals surface area contributed by atoms with Crippen LogP contribution >= 0.6 is 0 Å². The number of aromatic nitrogens is 4. The molecule has 3 unspecified atom stereocenters. The lowest BCUT2D eigenvalue weighted by Gasteiger charge is -2.22.